The number of aromatic nitrogens is 7. The SMILES string of the molecule is CNc1cnc(-c2ccc(C(C)(c3noc(-c4cnn(C)c4)n3)C3CC3)cn2)cn1. The predicted molar refractivity (Wildman–Crippen MR) is 110 cm³/mol. The van der Waals surface area contributed by atoms with Gasteiger partial charge >= 0.3 is 0 Å². The highest BCUT2D eigenvalue weighted by Gasteiger charge is 2.47. The Balaban J connectivity index is 1.47. The Morgan fingerprint density at radius 3 is 2.50 bits per heavy atom. The summed E-state index contributed by atoms with van der Waals surface area (Å²) in [5, 5.41) is 11.5. The van der Waals surface area contributed by atoms with Crippen LogP contribution in [0.15, 0.2) is 47.6 Å². The number of hydrogen-bond acceptors (Lipinski definition) is 8. The number of rotatable bonds is 6. The molecule has 4 heterocycles. The van der Waals surface area contributed by atoms with Crippen molar-refractivity contribution in [2.75, 3.05) is 12.4 Å². The molecule has 0 saturated heterocycles. The zero-order valence-corrected chi connectivity index (χ0v) is 17.1. The van der Waals surface area contributed by atoms with E-state index >= 15 is 0 Å². The van der Waals surface area contributed by atoms with Crippen molar-refractivity contribution in [1.29, 1.82) is 0 Å². The van der Waals surface area contributed by atoms with Crippen LogP contribution in [0.1, 0.15) is 31.2 Å². The van der Waals surface area contributed by atoms with Crippen molar-refractivity contribution in [1.82, 2.24) is 34.9 Å². The van der Waals surface area contributed by atoms with Gasteiger partial charge in [0.05, 0.1) is 35.3 Å². The van der Waals surface area contributed by atoms with Crippen LogP contribution in [0, 0.1) is 5.92 Å². The number of anilines is 1. The fourth-order valence-corrected chi connectivity index (χ4v) is 3.73. The summed E-state index contributed by atoms with van der Waals surface area (Å²) in [6.45, 7) is 2.17. The molecule has 1 aliphatic carbocycles. The smallest absolute Gasteiger partial charge is 0.261 e. The molecule has 0 aromatic carbocycles. The first-order chi connectivity index (χ1) is 14.6. The van der Waals surface area contributed by atoms with Gasteiger partial charge < -0.3 is 9.84 Å². The van der Waals surface area contributed by atoms with Gasteiger partial charge in [0, 0.05) is 26.5 Å². The van der Waals surface area contributed by atoms with Crippen molar-refractivity contribution in [2.45, 2.75) is 25.2 Å². The molecule has 1 fully saturated rings. The Morgan fingerprint density at radius 2 is 1.90 bits per heavy atom. The fraction of sp³-hybridized carbons (Fsp3) is 0.333. The predicted octanol–water partition coefficient (Wildman–Crippen LogP) is 3.08. The highest BCUT2D eigenvalue weighted by atomic mass is 16.5. The van der Waals surface area contributed by atoms with Gasteiger partial charge in [-0.15, -0.1) is 0 Å². The highest BCUT2D eigenvalue weighted by Crippen LogP contribution is 2.50. The van der Waals surface area contributed by atoms with Gasteiger partial charge in [-0.05, 0) is 37.3 Å². The van der Waals surface area contributed by atoms with Crippen molar-refractivity contribution in [3.8, 4) is 22.8 Å². The van der Waals surface area contributed by atoms with Gasteiger partial charge in [-0.1, -0.05) is 11.2 Å². The van der Waals surface area contributed by atoms with E-state index in [0.717, 1.165) is 41.2 Å². The van der Waals surface area contributed by atoms with E-state index < -0.39 is 0 Å². The molecule has 4 aromatic rings. The lowest BCUT2D eigenvalue weighted by atomic mass is 9.77. The summed E-state index contributed by atoms with van der Waals surface area (Å²) in [4.78, 5) is 18.1. The largest absolute Gasteiger partial charge is 0.372 e. The summed E-state index contributed by atoms with van der Waals surface area (Å²) < 4.78 is 7.28. The third kappa shape index (κ3) is 3.12. The van der Waals surface area contributed by atoms with E-state index in [0.29, 0.717) is 17.6 Å². The first-order valence-electron chi connectivity index (χ1n) is 9.88. The molecule has 0 spiro atoms. The van der Waals surface area contributed by atoms with E-state index in [-0.39, 0.29) is 5.41 Å². The molecule has 5 rings (SSSR count). The lowest BCUT2D eigenvalue weighted by Gasteiger charge is -2.26. The molecule has 4 aromatic heterocycles. The zero-order valence-electron chi connectivity index (χ0n) is 17.1. The van der Waals surface area contributed by atoms with E-state index in [1.54, 1.807) is 23.3 Å². The highest BCUT2D eigenvalue weighted by molar-refractivity contribution is 5.55. The Bertz CT molecular complexity index is 1160. The molecule has 30 heavy (non-hydrogen) atoms. The maximum atomic E-state index is 5.57. The maximum Gasteiger partial charge on any atom is 0.261 e. The van der Waals surface area contributed by atoms with Crippen LogP contribution in [0.2, 0.25) is 0 Å². The van der Waals surface area contributed by atoms with Crippen LogP contribution in [0.25, 0.3) is 22.8 Å². The summed E-state index contributed by atoms with van der Waals surface area (Å²) in [6, 6.07) is 4.05. The Hall–Kier alpha value is -3.62. The van der Waals surface area contributed by atoms with E-state index in [9.17, 15) is 0 Å². The summed E-state index contributed by atoms with van der Waals surface area (Å²) >= 11 is 0. The molecule has 0 aliphatic heterocycles. The Labute approximate surface area is 173 Å². The Morgan fingerprint density at radius 1 is 1.07 bits per heavy atom. The number of aryl methyl sites for hydroxylation is 1. The van der Waals surface area contributed by atoms with E-state index in [1.807, 2.05) is 32.6 Å². The van der Waals surface area contributed by atoms with Crippen molar-refractivity contribution >= 4 is 5.82 Å². The average molecular weight is 402 g/mol. The minimum Gasteiger partial charge on any atom is -0.372 e. The van der Waals surface area contributed by atoms with Crippen molar-refractivity contribution in [3.05, 3.63) is 54.5 Å². The molecule has 1 atom stereocenters. The molecule has 9 nitrogen and oxygen atoms in total. The fourth-order valence-electron chi connectivity index (χ4n) is 3.73. The van der Waals surface area contributed by atoms with Crippen molar-refractivity contribution < 1.29 is 4.52 Å². The van der Waals surface area contributed by atoms with Gasteiger partial charge in [-0.25, -0.2) is 9.97 Å². The third-order valence-corrected chi connectivity index (χ3v) is 5.77. The lowest BCUT2D eigenvalue weighted by Crippen LogP contribution is -2.28. The standard InChI is InChI=1S/C21H22N8O/c1-21(14-4-5-14,20-27-19(30-28-20)13-8-26-29(3)12-13)15-6-7-16(23-9-15)17-10-25-18(22-2)11-24-17/h6-12,14H,4-5H2,1-3H3,(H,22,25). The summed E-state index contributed by atoms with van der Waals surface area (Å²) in [5.41, 5.74) is 3.01. The van der Waals surface area contributed by atoms with Crippen molar-refractivity contribution in [2.24, 2.45) is 13.0 Å². The van der Waals surface area contributed by atoms with E-state index in [1.165, 1.54) is 0 Å². The molecule has 152 valence electrons. The molecule has 1 aliphatic rings. The van der Waals surface area contributed by atoms with Crippen LogP contribution >= 0.6 is 0 Å². The molecule has 9 heteroatoms. The van der Waals surface area contributed by atoms with Crippen LogP contribution in [-0.2, 0) is 12.5 Å². The second kappa shape index (κ2) is 7.01. The van der Waals surface area contributed by atoms with Gasteiger partial charge in [0.1, 0.15) is 11.5 Å². The second-order valence-electron chi connectivity index (χ2n) is 7.77. The number of nitrogens with zero attached hydrogens (tertiary/aromatic N) is 7. The molecule has 1 saturated carbocycles. The number of hydrogen-bond donors (Lipinski definition) is 1. The van der Waals surface area contributed by atoms with Crippen LogP contribution in [0.5, 0.6) is 0 Å². The quantitative estimate of drug-likeness (QED) is 0.524. The average Bonchev–Trinajstić information content (AvgIpc) is 3.37. The van der Waals surface area contributed by atoms with E-state index in [2.05, 4.69) is 43.5 Å². The lowest BCUT2D eigenvalue weighted by molar-refractivity contribution is 0.386. The molecule has 1 N–H and O–H groups in total. The maximum absolute atomic E-state index is 5.57. The molecule has 0 bridgehead atoms. The Kier molecular flexibility index (Phi) is 4.30. The third-order valence-electron chi connectivity index (χ3n) is 5.77. The summed E-state index contributed by atoms with van der Waals surface area (Å²) in [7, 11) is 3.67. The molecular weight excluding hydrogens is 380 g/mol. The molecular formula is C21H22N8O. The number of nitrogens with one attached hydrogen (secondary N) is 1. The van der Waals surface area contributed by atoms with Gasteiger partial charge in [0.25, 0.3) is 5.89 Å². The normalized spacial score (nSPS) is 15.7. The minimum absolute atomic E-state index is 0.364. The monoisotopic (exact) mass is 402 g/mol. The van der Waals surface area contributed by atoms with Crippen LogP contribution < -0.4 is 5.32 Å². The van der Waals surface area contributed by atoms with Gasteiger partial charge in [-0.3, -0.25) is 9.67 Å². The molecule has 0 radical (unpaired) electrons. The van der Waals surface area contributed by atoms with Crippen molar-refractivity contribution in [3.63, 3.8) is 0 Å². The molecule has 1 unspecified atom stereocenters. The minimum atomic E-state index is -0.364. The zero-order chi connectivity index (χ0) is 20.7. The van der Waals surface area contributed by atoms with Crippen LogP contribution in [0.4, 0.5) is 5.82 Å². The summed E-state index contributed by atoms with van der Waals surface area (Å²) in [6.07, 6.45) is 11.1. The molecule has 0 amide bonds. The van der Waals surface area contributed by atoms with Crippen LogP contribution in [0.3, 0.4) is 0 Å². The topological polar surface area (TPSA) is 107 Å². The van der Waals surface area contributed by atoms with Gasteiger partial charge in [-0.2, -0.15) is 10.1 Å². The first kappa shape index (κ1) is 18.4. The summed E-state index contributed by atoms with van der Waals surface area (Å²) in [5.74, 6) is 2.34. The van der Waals surface area contributed by atoms with Crippen LogP contribution in [-0.4, -0.2) is 41.9 Å². The number of pyridine rings is 1. The first-order valence-corrected chi connectivity index (χ1v) is 9.88. The van der Waals surface area contributed by atoms with Gasteiger partial charge in [0.2, 0.25) is 0 Å². The van der Waals surface area contributed by atoms with Gasteiger partial charge in [0.15, 0.2) is 5.82 Å². The second-order valence-corrected chi connectivity index (χ2v) is 7.77. The van der Waals surface area contributed by atoms with E-state index in [4.69, 9.17) is 9.51 Å².